The van der Waals surface area contributed by atoms with Gasteiger partial charge in [-0.1, -0.05) is 0 Å². The molecule has 0 saturated carbocycles. The summed E-state index contributed by atoms with van der Waals surface area (Å²) in [4.78, 5) is 4.17. The molecule has 68 valence electrons. The van der Waals surface area contributed by atoms with Crippen molar-refractivity contribution in [3.05, 3.63) is 18.2 Å². The van der Waals surface area contributed by atoms with Crippen LogP contribution in [0.2, 0.25) is 0 Å². The quantitative estimate of drug-likeness (QED) is 0.676. The molecule has 1 rings (SSSR count). The van der Waals surface area contributed by atoms with E-state index in [1.54, 1.807) is 6.33 Å². The Kier molecular flexibility index (Phi) is 3.26. The SMILES string of the molecule is CC(C)n1cnc(CCC[18F])c1. The molecule has 0 amide bonds. The molecule has 0 unspecified atom stereocenters. The van der Waals surface area contributed by atoms with Gasteiger partial charge in [-0.2, -0.15) is 0 Å². The fraction of sp³-hybridized carbons (Fsp3) is 0.667. The highest BCUT2D eigenvalue weighted by Crippen LogP contribution is 2.06. The highest BCUT2D eigenvalue weighted by Gasteiger charge is 2.00. The number of aryl methyl sites for hydroxylation is 1. The largest absolute Gasteiger partial charge is 0.335 e. The van der Waals surface area contributed by atoms with Crippen molar-refractivity contribution in [3.63, 3.8) is 0 Å². The average Bonchev–Trinajstić information content (AvgIpc) is 2.48. The van der Waals surface area contributed by atoms with E-state index >= 15 is 0 Å². The molecule has 0 N–H and O–H groups in total. The molecule has 1 heterocycles. The number of rotatable bonds is 4. The summed E-state index contributed by atoms with van der Waals surface area (Å²) in [5.41, 5.74) is 0.987. The highest BCUT2D eigenvalue weighted by atomic mass is 18.2. The van der Waals surface area contributed by atoms with E-state index in [4.69, 9.17) is 0 Å². The molecule has 0 spiro atoms. The fourth-order valence-electron chi connectivity index (χ4n) is 1.04. The molecule has 0 atom stereocenters. The van der Waals surface area contributed by atoms with Gasteiger partial charge in [-0.05, 0) is 26.7 Å². The predicted molar refractivity (Wildman–Crippen MR) is 46.9 cm³/mol. The van der Waals surface area contributed by atoms with Crippen molar-refractivity contribution in [2.45, 2.75) is 32.7 Å². The molecular weight excluding hydrogens is 154 g/mol. The first-order valence-electron chi connectivity index (χ1n) is 4.32. The Bertz CT molecular complexity index is 230. The van der Waals surface area contributed by atoms with Crippen LogP contribution in [0.4, 0.5) is 4.39 Å². The molecule has 0 bridgehead atoms. The van der Waals surface area contributed by atoms with Gasteiger partial charge in [-0.25, -0.2) is 4.98 Å². The minimum absolute atomic E-state index is 0.255. The Balaban J connectivity index is 2.52. The van der Waals surface area contributed by atoms with Crippen molar-refractivity contribution in [2.24, 2.45) is 0 Å². The second-order valence-electron chi connectivity index (χ2n) is 3.20. The first-order valence-corrected chi connectivity index (χ1v) is 4.32. The molecule has 2 nitrogen and oxygen atoms in total. The van der Waals surface area contributed by atoms with Gasteiger partial charge in [0.2, 0.25) is 0 Å². The first-order chi connectivity index (χ1) is 5.74. The molecule has 0 aliphatic carbocycles. The maximum atomic E-state index is 11.8. The topological polar surface area (TPSA) is 17.8 Å². The van der Waals surface area contributed by atoms with Crippen LogP contribution in [0.25, 0.3) is 0 Å². The lowest BCUT2D eigenvalue weighted by Gasteiger charge is -2.03. The lowest BCUT2D eigenvalue weighted by Crippen LogP contribution is -1.95. The van der Waals surface area contributed by atoms with E-state index in [0.29, 0.717) is 12.5 Å². The molecule has 0 aromatic carbocycles. The highest BCUT2D eigenvalue weighted by molar-refractivity contribution is 4.97. The normalized spacial score (nSPS) is 11.0. The molecular formula is C9H15FN2. The van der Waals surface area contributed by atoms with Crippen molar-refractivity contribution in [2.75, 3.05) is 6.67 Å². The van der Waals surface area contributed by atoms with Crippen molar-refractivity contribution in [1.29, 1.82) is 0 Å². The smallest absolute Gasteiger partial charge is 0.0951 e. The number of hydrogen-bond donors (Lipinski definition) is 0. The van der Waals surface area contributed by atoms with Gasteiger partial charge in [0, 0.05) is 12.2 Å². The Hall–Kier alpha value is -0.860. The van der Waals surface area contributed by atoms with Crippen molar-refractivity contribution >= 4 is 0 Å². The summed E-state index contributed by atoms with van der Waals surface area (Å²) in [5.74, 6) is 0. The molecule has 0 fully saturated rings. The van der Waals surface area contributed by atoms with Crippen LogP contribution in [0.15, 0.2) is 12.5 Å². The third-order valence-corrected chi connectivity index (χ3v) is 1.82. The van der Waals surface area contributed by atoms with Gasteiger partial charge < -0.3 is 4.57 Å². The number of hydrogen-bond acceptors (Lipinski definition) is 1. The summed E-state index contributed by atoms with van der Waals surface area (Å²) >= 11 is 0. The summed E-state index contributed by atoms with van der Waals surface area (Å²) in [5, 5.41) is 0. The van der Waals surface area contributed by atoms with E-state index in [1.165, 1.54) is 0 Å². The standard InChI is InChI=1S/C9H15FN2/c1-8(2)12-6-9(11-7-12)4-3-5-10/h6-8H,3-5H2,1-2H3/i10-1. The Morgan fingerprint density at radius 2 is 2.33 bits per heavy atom. The van der Waals surface area contributed by atoms with Crippen LogP contribution in [0.5, 0.6) is 0 Å². The van der Waals surface area contributed by atoms with Crippen LogP contribution < -0.4 is 0 Å². The van der Waals surface area contributed by atoms with E-state index in [0.717, 1.165) is 12.1 Å². The van der Waals surface area contributed by atoms with Gasteiger partial charge in [-0.15, -0.1) is 0 Å². The molecule has 3 heteroatoms. The maximum Gasteiger partial charge on any atom is 0.0951 e. The average molecular weight is 169 g/mol. The minimum atomic E-state index is -0.255. The van der Waals surface area contributed by atoms with E-state index < -0.39 is 0 Å². The van der Waals surface area contributed by atoms with Gasteiger partial charge in [0.05, 0.1) is 18.7 Å². The second-order valence-corrected chi connectivity index (χ2v) is 3.20. The molecule has 0 aliphatic rings. The van der Waals surface area contributed by atoms with Gasteiger partial charge in [0.1, 0.15) is 0 Å². The molecule has 0 aliphatic heterocycles. The zero-order valence-corrected chi connectivity index (χ0v) is 7.63. The third kappa shape index (κ3) is 2.32. The van der Waals surface area contributed by atoms with E-state index in [9.17, 15) is 4.39 Å². The number of alkyl halides is 1. The third-order valence-electron chi connectivity index (χ3n) is 1.82. The van der Waals surface area contributed by atoms with Crippen LogP contribution in [0, 0.1) is 0 Å². The summed E-state index contributed by atoms with van der Waals surface area (Å²) in [6.45, 7) is 3.94. The first kappa shape index (κ1) is 9.23. The number of halogens is 1. The van der Waals surface area contributed by atoms with Crippen molar-refractivity contribution in [3.8, 4) is 0 Å². The molecule has 1 aromatic rings. The van der Waals surface area contributed by atoms with Crippen LogP contribution in [-0.4, -0.2) is 16.2 Å². The molecule has 1 aromatic heterocycles. The lowest BCUT2D eigenvalue weighted by molar-refractivity contribution is 0.471. The number of aromatic nitrogens is 2. The zero-order chi connectivity index (χ0) is 8.97. The predicted octanol–water partition coefficient (Wildman–Crippen LogP) is 2.37. The van der Waals surface area contributed by atoms with Crippen molar-refractivity contribution in [1.82, 2.24) is 9.55 Å². The van der Waals surface area contributed by atoms with Gasteiger partial charge in [-0.3, -0.25) is 4.39 Å². The maximum absolute atomic E-state index is 11.8. The lowest BCUT2D eigenvalue weighted by atomic mass is 10.3. The van der Waals surface area contributed by atoms with Gasteiger partial charge in [0.15, 0.2) is 0 Å². The van der Waals surface area contributed by atoms with E-state index in [-0.39, 0.29) is 6.67 Å². The monoisotopic (exact) mass is 169 g/mol. The van der Waals surface area contributed by atoms with Gasteiger partial charge in [0.25, 0.3) is 0 Å². The molecule has 12 heavy (non-hydrogen) atoms. The van der Waals surface area contributed by atoms with Crippen LogP contribution in [0.3, 0.4) is 0 Å². The number of imidazole rings is 1. The van der Waals surface area contributed by atoms with E-state index in [2.05, 4.69) is 18.8 Å². The van der Waals surface area contributed by atoms with Crippen LogP contribution in [-0.2, 0) is 6.42 Å². The van der Waals surface area contributed by atoms with Gasteiger partial charge >= 0.3 is 0 Å². The Morgan fingerprint density at radius 3 is 2.83 bits per heavy atom. The zero-order valence-electron chi connectivity index (χ0n) is 7.63. The summed E-state index contributed by atoms with van der Waals surface area (Å²) < 4.78 is 13.8. The fourth-order valence-corrected chi connectivity index (χ4v) is 1.04. The van der Waals surface area contributed by atoms with E-state index in [1.807, 2.05) is 10.8 Å². The Morgan fingerprint density at radius 1 is 1.58 bits per heavy atom. The minimum Gasteiger partial charge on any atom is -0.335 e. The Labute approximate surface area is 72.4 Å². The number of nitrogens with zero attached hydrogens (tertiary/aromatic N) is 2. The summed E-state index contributed by atoms with van der Waals surface area (Å²) in [6, 6.07) is 0.441. The van der Waals surface area contributed by atoms with Crippen molar-refractivity contribution < 1.29 is 4.39 Å². The molecule has 0 saturated heterocycles. The molecule has 0 radical (unpaired) electrons. The summed E-state index contributed by atoms with van der Waals surface area (Å²) in [7, 11) is 0. The van der Waals surface area contributed by atoms with Crippen LogP contribution >= 0.6 is 0 Å². The second kappa shape index (κ2) is 4.24. The van der Waals surface area contributed by atoms with Crippen LogP contribution in [0.1, 0.15) is 32.0 Å². The summed E-state index contributed by atoms with van der Waals surface area (Å²) in [6.07, 6.45) is 5.11.